The van der Waals surface area contributed by atoms with Crippen molar-refractivity contribution in [3.05, 3.63) is 63.1 Å². The van der Waals surface area contributed by atoms with Gasteiger partial charge in [-0.3, -0.25) is 0 Å². The second-order valence-electron chi connectivity index (χ2n) is 4.25. The minimum atomic E-state index is 0.358. The predicted molar refractivity (Wildman–Crippen MR) is 75.7 cm³/mol. The van der Waals surface area contributed by atoms with E-state index in [4.69, 9.17) is 11.6 Å². The van der Waals surface area contributed by atoms with Gasteiger partial charge < -0.3 is 5.32 Å². The average molecular weight is 309 g/mol. The molecule has 0 bridgehead atoms. The molecule has 3 heteroatoms. The number of rotatable bonds is 1. The van der Waals surface area contributed by atoms with Crippen molar-refractivity contribution in [1.29, 1.82) is 0 Å². The third kappa shape index (κ3) is 2.20. The SMILES string of the molecule is Clc1ccc2c(c1)CC(c1ccc(Br)cc1)N2. The van der Waals surface area contributed by atoms with E-state index in [-0.39, 0.29) is 0 Å². The van der Waals surface area contributed by atoms with Crippen LogP contribution in [0.25, 0.3) is 0 Å². The number of hydrogen-bond donors (Lipinski definition) is 1. The Morgan fingerprint density at radius 2 is 1.88 bits per heavy atom. The molecule has 0 saturated carbocycles. The van der Waals surface area contributed by atoms with Crippen LogP contribution >= 0.6 is 27.5 Å². The zero-order valence-corrected chi connectivity index (χ0v) is 11.4. The summed E-state index contributed by atoms with van der Waals surface area (Å²) in [6.07, 6.45) is 0.998. The van der Waals surface area contributed by atoms with E-state index in [2.05, 4.69) is 51.6 Å². The maximum Gasteiger partial charge on any atom is 0.0555 e. The number of halogens is 2. The van der Waals surface area contributed by atoms with Crippen LogP contribution in [0.5, 0.6) is 0 Å². The molecule has 86 valence electrons. The molecule has 1 aliphatic rings. The number of anilines is 1. The summed E-state index contributed by atoms with van der Waals surface area (Å²) in [4.78, 5) is 0. The molecule has 2 aromatic rings. The number of hydrogen-bond acceptors (Lipinski definition) is 1. The van der Waals surface area contributed by atoms with Gasteiger partial charge in [0.05, 0.1) is 6.04 Å². The van der Waals surface area contributed by atoms with Crippen molar-refractivity contribution < 1.29 is 0 Å². The highest BCUT2D eigenvalue weighted by molar-refractivity contribution is 9.10. The van der Waals surface area contributed by atoms with Crippen molar-refractivity contribution in [2.45, 2.75) is 12.5 Å². The second kappa shape index (κ2) is 4.35. The van der Waals surface area contributed by atoms with Crippen molar-refractivity contribution in [2.24, 2.45) is 0 Å². The fraction of sp³-hybridized carbons (Fsp3) is 0.143. The zero-order chi connectivity index (χ0) is 11.8. The molecule has 3 rings (SSSR count). The summed E-state index contributed by atoms with van der Waals surface area (Å²) in [7, 11) is 0. The Kier molecular flexibility index (Phi) is 2.85. The lowest BCUT2D eigenvalue weighted by Gasteiger charge is -2.11. The summed E-state index contributed by atoms with van der Waals surface area (Å²) in [6, 6.07) is 14.8. The van der Waals surface area contributed by atoms with Crippen LogP contribution in [-0.4, -0.2) is 0 Å². The predicted octanol–water partition coefficient (Wildman–Crippen LogP) is 4.81. The first-order valence-electron chi connectivity index (χ1n) is 5.53. The van der Waals surface area contributed by atoms with Crippen LogP contribution < -0.4 is 5.32 Å². The number of benzene rings is 2. The molecular formula is C14H11BrClN. The van der Waals surface area contributed by atoms with Gasteiger partial charge in [0.1, 0.15) is 0 Å². The lowest BCUT2D eigenvalue weighted by atomic mass is 10.0. The lowest BCUT2D eigenvalue weighted by Crippen LogP contribution is -2.05. The van der Waals surface area contributed by atoms with Crippen molar-refractivity contribution in [1.82, 2.24) is 0 Å². The molecule has 17 heavy (non-hydrogen) atoms. The molecule has 0 fully saturated rings. The van der Waals surface area contributed by atoms with E-state index in [1.54, 1.807) is 0 Å². The summed E-state index contributed by atoms with van der Waals surface area (Å²) in [5.74, 6) is 0. The molecule has 0 spiro atoms. The van der Waals surface area contributed by atoms with Gasteiger partial charge in [-0.2, -0.15) is 0 Å². The van der Waals surface area contributed by atoms with Gasteiger partial charge in [-0.15, -0.1) is 0 Å². The third-order valence-electron chi connectivity index (χ3n) is 3.09. The number of fused-ring (bicyclic) bond motifs is 1. The van der Waals surface area contributed by atoms with Crippen LogP contribution in [0, 0.1) is 0 Å². The molecule has 1 aliphatic heterocycles. The van der Waals surface area contributed by atoms with Crippen molar-refractivity contribution in [2.75, 3.05) is 5.32 Å². The van der Waals surface area contributed by atoms with E-state index < -0.39 is 0 Å². The molecule has 1 heterocycles. The molecule has 2 aromatic carbocycles. The van der Waals surface area contributed by atoms with Crippen LogP contribution in [0.1, 0.15) is 17.2 Å². The van der Waals surface area contributed by atoms with Gasteiger partial charge in [-0.05, 0) is 47.9 Å². The van der Waals surface area contributed by atoms with Crippen LogP contribution in [-0.2, 0) is 6.42 Å². The van der Waals surface area contributed by atoms with Crippen molar-refractivity contribution >= 4 is 33.2 Å². The first-order chi connectivity index (χ1) is 8.22. The standard InChI is InChI=1S/C14H11BrClN/c15-11-3-1-9(2-4-11)14-8-10-7-12(16)5-6-13(10)17-14/h1-7,14,17H,8H2. The Morgan fingerprint density at radius 3 is 2.65 bits per heavy atom. The van der Waals surface area contributed by atoms with Gasteiger partial charge in [0.2, 0.25) is 0 Å². The first kappa shape index (κ1) is 11.1. The molecule has 0 saturated heterocycles. The Labute approximate surface area is 114 Å². The average Bonchev–Trinajstić information content (AvgIpc) is 2.72. The quantitative estimate of drug-likeness (QED) is 0.797. The summed E-state index contributed by atoms with van der Waals surface area (Å²) in [6.45, 7) is 0. The van der Waals surface area contributed by atoms with Crippen molar-refractivity contribution in [3.8, 4) is 0 Å². The molecule has 1 nitrogen and oxygen atoms in total. The molecule has 0 radical (unpaired) electrons. The second-order valence-corrected chi connectivity index (χ2v) is 5.61. The Balaban J connectivity index is 1.88. The fourth-order valence-corrected chi connectivity index (χ4v) is 2.69. The first-order valence-corrected chi connectivity index (χ1v) is 6.70. The van der Waals surface area contributed by atoms with E-state index in [0.29, 0.717) is 6.04 Å². The molecule has 0 aromatic heterocycles. The molecule has 1 unspecified atom stereocenters. The molecule has 0 amide bonds. The topological polar surface area (TPSA) is 12.0 Å². The lowest BCUT2D eigenvalue weighted by molar-refractivity contribution is 0.824. The summed E-state index contributed by atoms with van der Waals surface area (Å²) in [5, 5.41) is 4.33. The summed E-state index contributed by atoms with van der Waals surface area (Å²) >= 11 is 9.46. The largest absolute Gasteiger partial charge is 0.378 e. The van der Waals surface area contributed by atoms with Crippen molar-refractivity contribution in [3.63, 3.8) is 0 Å². The Bertz CT molecular complexity index is 551. The highest BCUT2D eigenvalue weighted by Crippen LogP contribution is 2.35. The van der Waals surface area contributed by atoms with Crippen LogP contribution in [0.15, 0.2) is 46.9 Å². The van der Waals surface area contributed by atoms with E-state index in [1.165, 1.54) is 16.8 Å². The fourth-order valence-electron chi connectivity index (χ4n) is 2.23. The smallest absolute Gasteiger partial charge is 0.0555 e. The highest BCUT2D eigenvalue weighted by atomic mass is 79.9. The molecule has 1 atom stereocenters. The Hall–Kier alpha value is -0.990. The molecular weight excluding hydrogens is 298 g/mol. The van der Waals surface area contributed by atoms with E-state index in [9.17, 15) is 0 Å². The minimum absolute atomic E-state index is 0.358. The Morgan fingerprint density at radius 1 is 1.12 bits per heavy atom. The van der Waals surface area contributed by atoms with Crippen LogP contribution in [0.2, 0.25) is 5.02 Å². The summed E-state index contributed by atoms with van der Waals surface area (Å²) in [5.41, 5.74) is 3.80. The van der Waals surface area contributed by atoms with Crippen LogP contribution in [0.4, 0.5) is 5.69 Å². The zero-order valence-electron chi connectivity index (χ0n) is 9.08. The maximum atomic E-state index is 6.00. The van der Waals surface area contributed by atoms with E-state index in [1.807, 2.05) is 12.1 Å². The summed E-state index contributed by atoms with van der Waals surface area (Å²) < 4.78 is 1.11. The van der Waals surface area contributed by atoms with Gasteiger partial charge in [0.25, 0.3) is 0 Å². The highest BCUT2D eigenvalue weighted by Gasteiger charge is 2.21. The molecule has 1 N–H and O–H groups in total. The van der Waals surface area contributed by atoms with E-state index in [0.717, 1.165) is 15.9 Å². The van der Waals surface area contributed by atoms with Gasteiger partial charge in [-0.25, -0.2) is 0 Å². The third-order valence-corrected chi connectivity index (χ3v) is 3.86. The van der Waals surface area contributed by atoms with Gasteiger partial charge in [0, 0.05) is 15.2 Å². The normalized spacial score (nSPS) is 17.6. The molecule has 0 aliphatic carbocycles. The number of nitrogens with one attached hydrogen (secondary N) is 1. The van der Waals surface area contributed by atoms with Gasteiger partial charge in [0.15, 0.2) is 0 Å². The maximum absolute atomic E-state index is 6.00. The minimum Gasteiger partial charge on any atom is -0.378 e. The van der Waals surface area contributed by atoms with Gasteiger partial charge in [-0.1, -0.05) is 39.7 Å². The van der Waals surface area contributed by atoms with Gasteiger partial charge >= 0.3 is 0 Å². The van der Waals surface area contributed by atoms with Crippen LogP contribution in [0.3, 0.4) is 0 Å². The monoisotopic (exact) mass is 307 g/mol. The van der Waals surface area contributed by atoms with E-state index >= 15 is 0 Å².